The number of nitrogens with one attached hydrogen (secondary N) is 1. The van der Waals surface area contributed by atoms with Gasteiger partial charge in [0.25, 0.3) is 0 Å². The van der Waals surface area contributed by atoms with Gasteiger partial charge < -0.3 is 14.8 Å². The second-order valence-electron chi connectivity index (χ2n) is 4.67. The van der Waals surface area contributed by atoms with Gasteiger partial charge in [-0.05, 0) is 43.5 Å². The van der Waals surface area contributed by atoms with Gasteiger partial charge in [-0.2, -0.15) is 0 Å². The predicted octanol–water partition coefficient (Wildman–Crippen LogP) is 2.88. The molecule has 0 heterocycles. The van der Waals surface area contributed by atoms with Crippen LogP contribution in [0.15, 0.2) is 18.2 Å². The summed E-state index contributed by atoms with van der Waals surface area (Å²) in [5.41, 5.74) is 1.29. The van der Waals surface area contributed by atoms with Crippen LogP contribution in [0.2, 0.25) is 0 Å². The number of methoxy groups -OCH3 is 2. The summed E-state index contributed by atoms with van der Waals surface area (Å²) in [6.45, 7) is 4.49. The SMILES string of the molecule is CCC(NC)C(C)Cc1ccc(OC)c(OC)c1. The number of ether oxygens (including phenoxy) is 2. The van der Waals surface area contributed by atoms with Crippen molar-refractivity contribution in [2.75, 3.05) is 21.3 Å². The van der Waals surface area contributed by atoms with Gasteiger partial charge in [0.15, 0.2) is 11.5 Å². The van der Waals surface area contributed by atoms with E-state index in [1.54, 1.807) is 14.2 Å². The van der Waals surface area contributed by atoms with Gasteiger partial charge in [0.1, 0.15) is 0 Å². The van der Waals surface area contributed by atoms with Gasteiger partial charge in [0.2, 0.25) is 0 Å². The van der Waals surface area contributed by atoms with E-state index in [1.807, 2.05) is 13.1 Å². The van der Waals surface area contributed by atoms with Crippen molar-refractivity contribution in [1.82, 2.24) is 5.32 Å². The zero-order chi connectivity index (χ0) is 13.5. The van der Waals surface area contributed by atoms with Crippen LogP contribution in [0.5, 0.6) is 11.5 Å². The summed E-state index contributed by atoms with van der Waals surface area (Å²) in [7, 11) is 5.36. The van der Waals surface area contributed by atoms with Gasteiger partial charge in [-0.15, -0.1) is 0 Å². The molecule has 2 atom stereocenters. The lowest BCUT2D eigenvalue weighted by Gasteiger charge is -2.22. The maximum atomic E-state index is 5.33. The number of hydrogen-bond donors (Lipinski definition) is 1. The highest BCUT2D eigenvalue weighted by atomic mass is 16.5. The standard InChI is InChI=1S/C15H25NO2/c1-6-13(16-3)11(2)9-12-7-8-14(17-4)15(10-12)18-5/h7-8,10-11,13,16H,6,9H2,1-5H3. The summed E-state index contributed by atoms with van der Waals surface area (Å²) in [6.07, 6.45) is 2.19. The Bertz CT molecular complexity index is 362. The van der Waals surface area contributed by atoms with E-state index in [-0.39, 0.29) is 0 Å². The second kappa shape index (κ2) is 7.27. The fourth-order valence-corrected chi connectivity index (χ4v) is 2.41. The molecule has 0 amide bonds. The number of benzene rings is 1. The zero-order valence-corrected chi connectivity index (χ0v) is 12.1. The molecular formula is C15H25NO2. The molecule has 102 valence electrons. The summed E-state index contributed by atoms with van der Waals surface area (Å²) < 4.78 is 10.6. The normalized spacial score (nSPS) is 14.1. The quantitative estimate of drug-likeness (QED) is 0.808. The number of hydrogen-bond acceptors (Lipinski definition) is 3. The van der Waals surface area contributed by atoms with Crippen LogP contribution in [0.1, 0.15) is 25.8 Å². The molecule has 2 unspecified atom stereocenters. The molecule has 1 rings (SSSR count). The molecule has 1 aromatic carbocycles. The zero-order valence-electron chi connectivity index (χ0n) is 12.1. The first-order valence-corrected chi connectivity index (χ1v) is 6.54. The topological polar surface area (TPSA) is 30.5 Å². The predicted molar refractivity (Wildman–Crippen MR) is 75.6 cm³/mol. The van der Waals surface area contributed by atoms with E-state index in [0.717, 1.165) is 24.3 Å². The van der Waals surface area contributed by atoms with Crippen molar-refractivity contribution in [1.29, 1.82) is 0 Å². The van der Waals surface area contributed by atoms with Crippen molar-refractivity contribution >= 4 is 0 Å². The van der Waals surface area contributed by atoms with Gasteiger partial charge in [-0.1, -0.05) is 19.9 Å². The Balaban J connectivity index is 2.78. The molecule has 0 saturated carbocycles. The molecule has 0 aliphatic heterocycles. The Hall–Kier alpha value is -1.22. The third kappa shape index (κ3) is 3.64. The van der Waals surface area contributed by atoms with E-state index >= 15 is 0 Å². The molecule has 0 spiro atoms. The largest absolute Gasteiger partial charge is 0.493 e. The van der Waals surface area contributed by atoms with E-state index in [0.29, 0.717) is 12.0 Å². The highest BCUT2D eigenvalue weighted by Crippen LogP contribution is 2.28. The summed E-state index contributed by atoms with van der Waals surface area (Å²) in [5, 5.41) is 3.37. The average molecular weight is 251 g/mol. The van der Waals surface area contributed by atoms with Gasteiger partial charge >= 0.3 is 0 Å². The van der Waals surface area contributed by atoms with Crippen LogP contribution in [-0.2, 0) is 6.42 Å². The van der Waals surface area contributed by atoms with Gasteiger partial charge in [-0.3, -0.25) is 0 Å². The second-order valence-corrected chi connectivity index (χ2v) is 4.67. The highest BCUT2D eigenvalue weighted by Gasteiger charge is 2.14. The molecule has 0 radical (unpaired) electrons. The van der Waals surface area contributed by atoms with Crippen LogP contribution in [0, 0.1) is 5.92 Å². The lowest BCUT2D eigenvalue weighted by atomic mass is 9.92. The van der Waals surface area contributed by atoms with Crippen LogP contribution in [0.25, 0.3) is 0 Å². The van der Waals surface area contributed by atoms with Crippen LogP contribution >= 0.6 is 0 Å². The lowest BCUT2D eigenvalue weighted by Crippen LogP contribution is -2.32. The summed E-state index contributed by atoms with van der Waals surface area (Å²) in [6, 6.07) is 6.71. The minimum Gasteiger partial charge on any atom is -0.493 e. The maximum absolute atomic E-state index is 5.33. The highest BCUT2D eigenvalue weighted by molar-refractivity contribution is 5.43. The van der Waals surface area contributed by atoms with E-state index < -0.39 is 0 Å². The van der Waals surface area contributed by atoms with Crippen molar-refractivity contribution in [2.24, 2.45) is 5.92 Å². The fraction of sp³-hybridized carbons (Fsp3) is 0.600. The van der Waals surface area contributed by atoms with Crippen LogP contribution in [0.3, 0.4) is 0 Å². The first kappa shape index (κ1) is 14.8. The van der Waals surface area contributed by atoms with Crippen molar-refractivity contribution in [3.63, 3.8) is 0 Å². The summed E-state index contributed by atoms with van der Waals surface area (Å²) >= 11 is 0. The first-order chi connectivity index (χ1) is 8.65. The van der Waals surface area contributed by atoms with Crippen LogP contribution in [0.4, 0.5) is 0 Å². The van der Waals surface area contributed by atoms with Crippen molar-refractivity contribution in [3.05, 3.63) is 23.8 Å². The van der Waals surface area contributed by atoms with E-state index in [9.17, 15) is 0 Å². The van der Waals surface area contributed by atoms with E-state index in [1.165, 1.54) is 5.56 Å². The maximum Gasteiger partial charge on any atom is 0.160 e. The van der Waals surface area contributed by atoms with Crippen molar-refractivity contribution in [3.8, 4) is 11.5 Å². The Labute approximate surface area is 110 Å². The summed E-state index contributed by atoms with van der Waals surface area (Å²) in [5.74, 6) is 2.19. The van der Waals surface area contributed by atoms with Crippen molar-refractivity contribution < 1.29 is 9.47 Å². The first-order valence-electron chi connectivity index (χ1n) is 6.54. The van der Waals surface area contributed by atoms with Gasteiger partial charge in [0.05, 0.1) is 14.2 Å². The van der Waals surface area contributed by atoms with Crippen LogP contribution in [-0.4, -0.2) is 27.3 Å². The minimum absolute atomic E-state index is 0.554. The molecule has 0 fully saturated rings. The van der Waals surface area contributed by atoms with Gasteiger partial charge in [-0.25, -0.2) is 0 Å². The molecule has 0 bridgehead atoms. The molecule has 1 N–H and O–H groups in total. The third-order valence-electron chi connectivity index (χ3n) is 3.50. The Morgan fingerprint density at radius 2 is 1.83 bits per heavy atom. The fourth-order valence-electron chi connectivity index (χ4n) is 2.41. The average Bonchev–Trinajstić information content (AvgIpc) is 2.40. The molecule has 1 aromatic rings. The molecule has 3 heteroatoms. The third-order valence-corrected chi connectivity index (χ3v) is 3.50. The minimum atomic E-state index is 0.554. The molecule has 0 saturated heterocycles. The molecule has 0 aliphatic rings. The molecule has 0 aromatic heterocycles. The Kier molecular flexibility index (Phi) is 5.99. The van der Waals surface area contributed by atoms with E-state index in [4.69, 9.17) is 9.47 Å². The molecule has 0 aliphatic carbocycles. The molecule has 3 nitrogen and oxygen atoms in total. The Morgan fingerprint density at radius 1 is 1.17 bits per heavy atom. The van der Waals surface area contributed by atoms with Gasteiger partial charge in [0, 0.05) is 6.04 Å². The summed E-state index contributed by atoms with van der Waals surface area (Å²) in [4.78, 5) is 0. The Morgan fingerprint density at radius 3 is 2.33 bits per heavy atom. The number of rotatable bonds is 7. The smallest absolute Gasteiger partial charge is 0.160 e. The monoisotopic (exact) mass is 251 g/mol. The van der Waals surface area contributed by atoms with E-state index in [2.05, 4.69) is 31.3 Å². The van der Waals surface area contributed by atoms with Crippen LogP contribution < -0.4 is 14.8 Å². The lowest BCUT2D eigenvalue weighted by molar-refractivity contribution is 0.353. The molecule has 18 heavy (non-hydrogen) atoms. The molecular weight excluding hydrogens is 226 g/mol. The van der Waals surface area contributed by atoms with Crippen molar-refractivity contribution in [2.45, 2.75) is 32.7 Å².